The Morgan fingerprint density at radius 3 is 2.84 bits per heavy atom. The molecule has 5 nitrogen and oxygen atoms in total. The highest BCUT2D eigenvalue weighted by Crippen LogP contribution is 2.28. The number of hydrogen-bond donors (Lipinski definition) is 1. The molecule has 1 aliphatic rings. The SMILES string of the molecule is N#Cc1cc(Cl)ccc1N1CCC(C(=O)NCc2cccnc2)CC1. The van der Waals surface area contributed by atoms with Crippen LogP contribution in [0.25, 0.3) is 0 Å². The van der Waals surface area contributed by atoms with Gasteiger partial charge in [0, 0.05) is 43.0 Å². The number of rotatable bonds is 4. The molecular weight excluding hydrogens is 336 g/mol. The van der Waals surface area contributed by atoms with E-state index >= 15 is 0 Å². The average molecular weight is 355 g/mol. The normalized spacial score (nSPS) is 14.8. The topological polar surface area (TPSA) is 69.0 Å². The Kier molecular flexibility index (Phi) is 5.52. The lowest BCUT2D eigenvalue weighted by Crippen LogP contribution is -2.40. The van der Waals surface area contributed by atoms with E-state index in [1.807, 2.05) is 18.2 Å². The van der Waals surface area contributed by atoms with Crippen LogP contribution in [0.3, 0.4) is 0 Å². The van der Waals surface area contributed by atoms with Gasteiger partial charge in [0.05, 0.1) is 11.3 Å². The van der Waals surface area contributed by atoms with Gasteiger partial charge in [-0.25, -0.2) is 0 Å². The Hall–Kier alpha value is -2.58. The van der Waals surface area contributed by atoms with Crippen molar-refractivity contribution in [2.24, 2.45) is 5.92 Å². The van der Waals surface area contributed by atoms with E-state index in [1.54, 1.807) is 24.5 Å². The first kappa shape index (κ1) is 17.2. The smallest absolute Gasteiger partial charge is 0.223 e. The third-order valence-electron chi connectivity index (χ3n) is 4.48. The van der Waals surface area contributed by atoms with E-state index in [9.17, 15) is 10.1 Å². The number of nitrogens with one attached hydrogen (secondary N) is 1. The average Bonchev–Trinajstić information content (AvgIpc) is 2.67. The van der Waals surface area contributed by atoms with Crippen LogP contribution >= 0.6 is 11.6 Å². The summed E-state index contributed by atoms with van der Waals surface area (Å²) in [6.07, 6.45) is 5.01. The van der Waals surface area contributed by atoms with Crippen molar-refractivity contribution in [1.29, 1.82) is 5.26 Å². The summed E-state index contributed by atoms with van der Waals surface area (Å²) in [7, 11) is 0. The number of benzene rings is 1. The van der Waals surface area contributed by atoms with Crippen LogP contribution in [0, 0.1) is 17.2 Å². The van der Waals surface area contributed by atoms with Crippen LogP contribution in [0.5, 0.6) is 0 Å². The highest BCUT2D eigenvalue weighted by atomic mass is 35.5. The van der Waals surface area contributed by atoms with E-state index in [2.05, 4.69) is 21.3 Å². The van der Waals surface area contributed by atoms with Crippen molar-refractivity contribution in [3.05, 3.63) is 58.9 Å². The molecule has 0 spiro atoms. The summed E-state index contributed by atoms with van der Waals surface area (Å²) in [6, 6.07) is 11.4. The number of carbonyl (C=O) groups excluding carboxylic acids is 1. The maximum atomic E-state index is 12.4. The zero-order chi connectivity index (χ0) is 17.6. The van der Waals surface area contributed by atoms with Gasteiger partial charge in [0.1, 0.15) is 6.07 Å². The Morgan fingerprint density at radius 1 is 1.36 bits per heavy atom. The lowest BCUT2D eigenvalue weighted by molar-refractivity contribution is -0.125. The van der Waals surface area contributed by atoms with E-state index in [-0.39, 0.29) is 11.8 Å². The second kappa shape index (κ2) is 8.00. The van der Waals surface area contributed by atoms with E-state index < -0.39 is 0 Å². The Bertz CT molecular complexity index is 780. The van der Waals surface area contributed by atoms with Gasteiger partial charge in [-0.15, -0.1) is 0 Å². The number of pyridine rings is 1. The van der Waals surface area contributed by atoms with Gasteiger partial charge in [-0.1, -0.05) is 17.7 Å². The fourth-order valence-electron chi connectivity index (χ4n) is 3.09. The van der Waals surface area contributed by atoms with Gasteiger partial charge in [-0.3, -0.25) is 9.78 Å². The van der Waals surface area contributed by atoms with Gasteiger partial charge in [0.25, 0.3) is 0 Å². The summed E-state index contributed by atoms with van der Waals surface area (Å²) in [5.74, 6) is 0.0888. The molecule has 1 aromatic carbocycles. The summed E-state index contributed by atoms with van der Waals surface area (Å²) in [4.78, 5) is 18.6. The van der Waals surface area contributed by atoms with Crippen LogP contribution in [0.2, 0.25) is 5.02 Å². The molecule has 2 aromatic rings. The van der Waals surface area contributed by atoms with Crippen molar-refractivity contribution < 1.29 is 4.79 Å². The summed E-state index contributed by atoms with van der Waals surface area (Å²) in [5.41, 5.74) is 2.46. The van der Waals surface area contributed by atoms with Gasteiger partial charge in [0.15, 0.2) is 0 Å². The Morgan fingerprint density at radius 2 is 2.16 bits per heavy atom. The first-order chi connectivity index (χ1) is 12.2. The van der Waals surface area contributed by atoms with Crippen LogP contribution in [0.15, 0.2) is 42.7 Å². The van der Waals surface area contributed by atoms with Crippen LogP contribution in [-0.4, -0.2) is 24.0 Å². The quantitative estimate of drug-likeness (QED) is 0.915. The minimum atomic E-state index is 0.00533. The van der Waals surface area contributed by atoms with Crippen molar-refractivity contribution in [3.63, 3.8) is 0 Å². The second-order valence-electron chi connectivity index (χ2n) is 6.11. The molecule has 6 heteroatoms. The van der Waals surface area contributed by atoms with Crippen molar-refractivity contribution in [2.75, 3.05) is 18.0 Å². The molecule has 1 amide bonds. The van der Waals surface area contributed by atoms with Crippen molar-refractivity contribution in [2.45, 2.75) is 19.4 Å². The van der Waals surface area contributed by atoms with Crippen LogP contribution in [0.1, 0.15) is 24.0 Å². The molecule has 2 heterocycles. The number of halogens is 1. The highest BCUT2D eigenvalue weighted by molar-refractivity contribution is 6.30. The van der Waals surface area contributed by atoms with Crippen molar-refractivity contribution >= 4 is 23.2 Å². The molecule has 3 rings (SSSR count). The second-order valence-corrected chi connectivity index (χ2v) is 6.55. The molecule has 0 aliphatic carbocycles. The molecule has 25 heavy (non-hydrogen) atoms. The molecule has 0 saturated carbocycles. The van der Waals surface area contributed by atoms with E-state index in [0.717, 1.165) is 37.2 Å². The van der Waals surface area contributed by atoms with Gasteiger partial charge in [-0.05, 0) is 42.7 Å². The summed E-state index contributed by atoms with van der Waals surface area (Å²) in [6.45, 7) is 2.01. The van der Waals surface area contributed by atoms with Crippen LogP contribution in [0.4, 0.5) is 5.69 Å². The maximum absolute atomic E-state index is 12.4. The predicted molar refractivity (Wildman–Crippen MR) is 97.2 cm³/mol. The van der Waals surface area contributed by atoms with Crippen molar-refractivity contribution in [1.82, 2.24) is 10.3 Å². The zero-order valence-corrected chi connectivity index (χ0v) is 14.5. The maximum Gasteiger partial charge on any atom is 0.223 e. The van der Waals surface area contributed by atoms with Crippen molar-refractivity contribution in [3.8, 4) is 6.07 Å². The molecule has 1 saturated heterocycles. The molecule has 0 bridgehead atoms. The van der Waals surface area contributed by atoms with E-state index in [0.29, 0.717) is 17.1 Å². The van der Waals surface area contributed by atoms with E-state index in [4.69, 9.17) is 11.6 Å². The highest BCUT2D eigenvalue weighted by Gasteiger charge is 2.26. The monoisotopic (exact) mass is 354 g/mol. The first-order valence-corrected chi connectivity index (χ1v) is 8.66. The number of anilines is 1. The molecule has 0 atom stereocenters. The van der Waals surface area contributed by atoms with Gasteiger partial charge >= 0.3 is 0 Å². The molecule has 1 N–H and O–H groups in total. The predicted octanol–water partition coefficient (Wildman–Crippen LogP) is 3.14. The molecule has 1 fully saturated rings. The molecule has 128 valence electrons. The summed E-state index contributed by atoms with van der Waals surface area (Å²) < 4.78 is 0. The Labute approximate surface area is 152 Å². The third kappa shape index (κ3) is 4.28. The van der Waals surface area contributed by atoms with Gasteiger partial charge in [0.2, 0.25) is 5.91 Å². The molecule has 1 aliphatic heterocycles. The molecule has 0 unspecified atom stereocenters. The van der Waals surface area contributed by atoms with Gasteiger partial charge < -0.3 is 10.2 Å². The number of nitrogens with zero attached hydrogens (tertiary/aromatic N) is 3. The minimum Gasteiger partial charge on any atom is -0.370 e. The lowest BCUT2D eigenvalue weighted by Gasteiger charge is -2.33. The summed E-state index contributed by atoms with van der Waals surface area (Å²) >= 11 is 5.96. The van der Waals surface area contributed by atoms with Crippen LogP contribution in [-0.2, 0) is 11.3 Å². The molecular formula is C19H19ClN4O. The number of nitriles is 1. The molecule has 0 radical (unpaired) electrons. The summed E-state index contributed by atoms with van der Waals surface area (Å²) in [5, 5.41) is 12.8. The number of carbonyl (C=O) groups is 1. The minimum absolute atomic E-state index is 0.00533. The van der Waals surface area contributed by atoms with Crippen LogP contribution < -0.4 is 10.2 Å². The number of piperidine rings is 1. The first-order valence-electron chi connectivity index (χ1n) is 8.28. The zero-order valence-electron chi connectivity index (χ0n) is 13.8. The third-order valence-corrected chi connectivity index (χ3v) is 4.71. The lowest BCUT2D eigenvalue weighted by atomic mass is 9.95. The standard InChI is InChI=1S/C19H19ClN4O/c20-17-3-4-18(16(10-17)11-21)24-8-5-15(6-9-24)19(25)23-13-14-2-1-7-22-12-14/h1-4,7,10,12,15H,5-6,8-9,13H2,(H,23,25). The fraction of sp³-hybridized carbons (Fsp3) is 0.316. The fourth-order valence-corrected chi connectivity index (χ4v) is 3.26. The van der Waals surface area contributed by atoms with Gasteiger partial charge in [-0.2, -0.15) is 5.26 Å². The largest absolute Gasteiger partial charge is 0.370 e. The number of amides is 1. The van der Waals surface area contributed by atoms with E-state index in [1.165, 1.54) is 0 Å². The molecule has 1 aromatic heterocycles. The Balaban J connectivity index is 1.55. The number of hydrogen-bond acceptors (Lipinski definition) is 4. The number of aromatic nitrogens is 1.